The summed E-state index contributed by atoms with van der Waals surface area (Å²) in [4.78, 5) is 7.03. The number of likely N-dealkylation sites (tertiary alicyclic amines) is 1. The number of aryl methyl sites for hydroxylation is 2. The molecule has 0 spiro atoms. The van der Waals surface area contributed by atoms with Crippen LogP contribution in [0.3, 0.4) is 0 Å². The Kier molecular flexibility index (Phi) is 4.35. The van der Waals surface area contributed by atoms with E-state index in [0.717, 1.165) is 54.2 Å². The van der Waals surface area contributed by atoms with Gasteiger partial charge in [0.1, 0.15) is 5.15 Å². The van der Waals surface area contributed by atoms with Crippen molar-refractivity contribution in [1.82, 2.24) is 24.8 Å². The maximum Gasteiger partial charge on any atom is 0.229 e. The minimum absolute atomic E-state index is 0.542. The maximum absolute atomic E-state index is 6.35. The van der Waals surface area contributed by atoms with E-state index in [4.69, 9.17) is 16.1 Å². The highest BCUT2D eigenvalue weighted by atomic mass is 35.5. The average Bonchev–Trinajstić information content (AvgIpc) is 3.27. The zero-order valence-electron chi connectivity index (χ0n) is 14.3. The molecule has 6 nitrogen and oxygen atoms in total. The second kappa shape index (κ2) is 6.48. The molecule has 4 rings (SSSR count). The van der Waals surface area contributed by atoms with Crippen LogP contribution in [0.5, 0.6) is 0 Å². The Bertz CT molecular complexity index is 713. The summed E-state index contributed by atoms with van der Waals surface area (Å²) in [7, 11) is 1.89. The number of hydrogen-bond acceptors (Lipinski definition) is 5. The van der Waals surface area contributed by atoms with E-state index in [9.17, 15) is 0 Å². The molecule has 2 aliphatic rings. The molecule has 1 aliphatic carbocycles. The topological polar surface area (TPSA) is 60.0 Å². The highest BCUT2D eigenvalue weighted by Crippen LogP contribution is 2.39. The molecule has 0 radical (unpaired) electrons. The van der Waals surface area contributed by atoms with Crippen LogP contribution in [-0.4, -0.2) is 37.9 Å². The zero-order chi connectivity index (χ0) is 16.7. The van der Waals surface area contributed by atoms with Crippen molar-refractivity contribution < 1.29 is 4.52 Å². The van der Waals surface area contributed by atoms with Gasteiger partial charge < -0.3 is 4.52 Å². The largest absolute Gasteiger partial charge is 0.339 e. The lowest BCUT2D eigenvalue weighted by Gasteiger charge is -2.31. The highest BCUT2D eigenvalue weighted by molar-refractivity contribution is 6.30. The number of hydrogen-bond donors (Lipinski definition) is 0. The summed E-state index contributed by atoms with van der Waals surface area (Å²) in [5, 5.41) is 9.31. The van der Waals surface area contributed by atoms with Crippen LogP contribution in [0.25, 0.3) is 0 Å². The van der Waals surface area contributed by atoms with Gasteiger partial charge in [-0.15, -0.1) is 0 Å². The Morgan fingerprint density at radius 3 is 2.58 bits per heavy atom. The minimum Gasteiger partial charge on any atom is -0.339 e. The van der Waals surface area contributed by atoms with E-state index in [1.807, 2.05) is 14.0 Å². The zero-order valence-corrected chi connectivity index (χ0v) is 15.1. The van der Waals surface area contributed by atoms with Gasteiger partial charge in [-0.25, -0.2) is 0 Å². The molecule has 3 heterocycles. The van der Waals surface area contributed by atoms with E-state index >= 15 is 0 Å². The first-order valence-corrected chi connectivity index (χ1v) is 9.20. The SMILES string of the molecule is Cc1nn(C)c(Cl)c1CN1CCC(Cc2noc(C3CC3)n2)CC1. The van der Waals surface area contributed by atoms with Crippen molar-refractivity contribution in [1.29, 1.82) is 0 Å². The van der Waals surface area contributed by atoms with E-state index in [-0.39, 0.29) is 0 Å². The van der Waals surface area contributed by atoms with Gasteiger partial charge in [-0.3, -0.25) is 9.58 Å². The lowest BCUT2D eigenvalue weighted by atomic mass is 9.93. The third kappa shape index (κ3) is 3.35. The van der Waals surface area contributed by atoms with E-state index in [1.54, 1.807) is 4.68 Å². The highest BCUT2D eigenvalue weighted by Gasteiger charge is 2.30. The molecule has 0 aromatic carbocycles. The van der Waals surface area contributed by atoms with Crippen LogP contribution in [0.4, 0.5) is 0 Å². The number of halogens is 1. The smallest absolute Gasteiger partial charge is 0.229 e. The molecule has 0 bridgehead atoms. The maximum atomic E-state index is 6.35. The van der Waals surface area contributed by atoms with Crippen molar-refractivity contribution in [2.45, 2.75) is 51.5 Å². The first kappa shape index (κ1) is 16.1. The van der Waals surface area contributed by atoms with Crippen LogP contribution >= 0.6 is 11.6 Å². The van der Waals surface area contributed by atoms with E-state index < -0.39 is 0 Å². The summed E-state index contributed by atoms with van der Waals surface area (Å²) in [6.45, 7) is 5.09. The van der Waals surface area contributed by atoms with Gasteiger partial charge >= 0.3 is 0 Å². The van der Waals surface area contributed by atoms with Gasteiger partial charge in [0, 0.05) is 31.5 Å². The van der Waals surface area contributed by atoms with Gasteiger partial charge in [0.2, 0.25) is 5.89 Å². The average molecular weight is 350 g/mol. The summed E-state index contributed by atoms with van der Waals surface area (Å²) in [5.41, 5.74) is 2.19. The van der Waals surface area contributed by atoms with Crippen LogP contribution < -0.4 is 0 Å². The van der Waals surface area contributed by atoms with Gasteiger partial charge in [-0.05, 0) is 51.6 Å². The first-order chi connectivity index (χ1) is 11.6. The normalized spacial score (nSPS) is 20.0. The summed E-state index contributed by atoms with van der Waals surface area (Å²) < 4.78 is 7.12. The lowest BCUT2D eigenvalue weighted by Crippen LogP contribution is -2.34. The predicted molar refractivity (Wildman–Crippen MR) is 90.9 cm³/mol. The fraction of sp³-hybridized carbons (Fsp3) is 0.706. The summed E-state index contributed by atoms with van der Waals surface area (Å²) in [6, 6.07) is 0. The minimum atomic E-state index is 0.542. The summed E-state index contributed by atoms with van der Waals surface area (Å²) in [6.07, 6.45) is 5.69. The van der Waals surface area contributed by atoms with Gasteiger partial charge in [0.15, 0.2) is 5.82 Å². The molecule has 0 unspecified atom stereocenters. The van der Waals surface area contributed by atoms with Crippen molar-refractivity contribution in [2.75, 3.05) is 13.1 Å². The Balaban J connectivity index is 1.29. The van der Waals surface area contributed by atoms with Crippen molar-refractivity contribution in [3.63, 3.8) is 0 Å². The molecule has 2 fully saturated rings. The number of aromatic nitrogens is 4. The van der Waals surface area contributed by atoms with Crippen molar-refractivity contribution in [3.05, 3.63) is 28.1 Å². The van der Waals surface area contributed by atoms with Gasteiger partial charge in [-0.1, -0.05) is 16.8 Å². The van der Waals surface area contributed by atoms with Crippen LogP contribution in [0, 0.1) is 12.8 Å². The van der Waals surface area contributed by atoms with Crippen molar-refractivity contribution in [3.8, 4) is 0 Å². The van der Waals surface area contributed by atoms with Gasteiger partial charge in [0.25, 0.3) is 0 Å². The number of nitrogens with zero attached hydrogens (tertiary/aromatic N) is 5. The molecule has 0 amide bonds. The van der Waals surface area contributed by atoms with Gasteiger partial charge in [0.05, 0.1) is 5.69 Å². The Hall–Kier alpha value is -1.40. The fourth-order valence-electron chi connectivity index (χ4n) is 3.53. The Labute approximate surface area is 147 Å². The molecule has 1 saturated carbocycles. The molecule has 0 N–H and O–H groups in total. The quantitative estimate of drug-likeness (QED) is 0.830. The lowest BCUT2D eigenvalue weighted by molar-refractivity contribution is 0.175. The third-order valence-corrected chi connectivity index (χ3v) is 5.71. The van der Waals surface area contributed by atoms with E-state index in [1.165, 1.54) is 25.7 Å². The summed E-state index contributed by atoms with van der Waals surface area (Å²) in [5.74, 6) is 2.93. The number of rotatable bonds is 5. The Morgan fingerprint density at radius 1 is 1.21 bits per heavy atom. The molecule has 1 aliphatic heterocycles. The molecule has 130 valence electrons. The molecular formula is C17H24ClN5O. The van der Waals surface area contributed by atoms with Crippen LogP contribution in [0.15, 0.2) is 4.52 Å². The van der Waals surface area contributed by atoms with E-state index in [2.05, 4.69) is 20.1 Å². The Morgan fingerprint density at radius 2 is 1.96 bits per heavy atom. The second-order valence-corrected chi connectivity index (χ2v) is 7.58. The van der Waals surface area contributed by atoms with Gasteiger partial charge in [-0.2, -0.15) is 10.1 Å². The van der Waals surface area contributed by atoms with Crippen LogP contribution in [0.1, 0.15) is 54.6 Å². The van der Waals surface area contributed by atoms with Crippen LogP contribution in [-0.2, 0) is 20.0 Å². The van der Waals surface area contributed by atoms with E-state index in [0.29, 0.717) is 11.8 Å². The van der Waals surface area contributed by atoms with Crippen molar-refractivity contribution >= 4 is 11.6 Å². The second-order valence-electron chi connectivity index (χ2n) is 7.23. The number of piperidine rings is 1. The fourth-order valence-corrected chi connectivity index (χ4v) is 3.76. The molecule has 2 aromatic heterocycles. The molecule has 24 heavy (non-hydrogen) atoms. The molecule has 7 heteroatoms. The predicted octanol–water partition coefficient (Wildman–Crippen LogP) is 3.10. The molecule has 0 atom stereocenters. The first-order valence-electron chi connectivity index (χ1n) is 8.83. The monoisotopic (exact) mass is 349 g/mol. The standard InChI is InChI=1S/C17H24ClN5O/c1-11-14(16(18)22(2)20-11)10-23-7-5-12(6-8-23)9-15-19-17(24-21-15)13-3-4-13/h12-13H,3-10H2,1-2H3. The third-order valence-electron chi connectivity index (χ3n) is 5.24. The summed E-state index contributed by atoms with van der Waals surface area (Å²) >= 11 is 6.35. The van der Waals surface area contributed by atoms with Crippen LogP contribution in [0.2, 0.25) is 5.15 Å². The molecule has 2 aromatic rings. The molecule has 1 saturated heterocycles. The van der Waals surface area contributed by atoms with Crippen molar-refractivity contribution in [2.24, 2.45) is 13.0 Å². The molecular weight excluding hydrogens is 326 g/mol.